The molecule has 0 atom stereocenters. The monoisotopic (exact) mass is 443 g/mol. The minimum absolute atomic E-state index is 0.145. The van der Waals surface area contributed by atoms with Crippen LogP contribution in [0.15, 0.2) is 83.8 Å². The van der Waals surface area contributed by atoms with Crippen molar-refractivity contribution in [3.05, 3.63) is 123 Å². The Bertz CT molecular complexity index is 1460. The molecule has 2 aliphatic heterocycles. The van der Waals surface area contributed by atoms with Gasteiger partial charge in [-0.15, -0.1) is 0 Å². The Morgan fingerprint density at radius 2 is 1.61 bits per heavy atom. The number of rotatable bonds is 5. The molecule has 0 saturated carbocycles. The summed E-state index contributed by atoms with van der Waals surface area (Å²) in [5.74, 6) is -1.28. The number of aromatic hydroxyl groups is 1. The average Bonchev–Trinajstić information content (AvgIpc) is 3.13. The number of aromatic amines is 1. The summed E-state index contributed by atoms with van der Waals surface area (Å²) in [6.07, 6.45) is 2.33. The molecule has 0 spiro atoms. The predicted molar refractivity (Wildman–Crippen MR) is 121 cm³/mol. The average molecular weight is 443 g/mol. The van der Waals surface area contributed by atoms with Gasteiger partial charge in [-0.1, -0.05) is 42.5 Å². The van der Waals surface area contributed by atoms with Gasteiger partial charge in [-0.2, -0.15) is 0 Å². The number of hydrogen-bond acceptors (Lipinski definition) is 3. The predicted octanol–water partition coefficient (Wildman–Crippen LogP) is 4.83. The molecule has 0 amide bonds. The van der Waals surface area contributed by atoms with E-state index in [0.29, 0.717) is 41.3 Å². The Morgan fingerprint density at radius 3 is 2.33 bits per heavy atom. The highest BCUT2D eigenvalue weighted by molar-refractivity contribution is 5.60. The largest absolute Gasteiger partial charge is 0.508 e. The topological polar surface area (TPSA) is 70.9 Å². The van der Waals surface area contributed by atoms with Crippen LogP contribution in [-0.4, -0.2) is 19.6 Å². The molecule has 3 aromatic rings. The minimum Gasteiger partial charge on any atom is -0.508 e. The quantitative estimate of drug-likeness (QED) is 0.409. The maximum Gasteiger partial charge on any atom is 0.278 e. The van der Waals surface area contributed by atoms with Crippen LogP contribution in [0, 0.1) is 11.6 Å². The van der Waals surface area contributed by atoms with Gasteiger partial charge in [0.15, 0.2) is 17.5 Å². The van der Waals surface area contributed by atoms with E-state index >= 15 is 0 Å². The Balaban J connectivity index is 1.65. The molecule has 0 saturated heterocycles. The number of fused-ring (bicyclic) bond motifs is 1. The number of nitrogens with zero attached hydrogens (tertiary/aromatic N) is 2. The van der Waals surface area contributed by atoms with Gasteiger partial charge in [-0.3, -0.25) is 9.36 Å². The minimum atomic E-state index is -0.966. The van der Waals surface area contributed by atoms with Crippen molar-refractivity contribution in [3.8, 4) is 22.8 Å². The summed E-state index contributed by atoms with van der Waals surface area (Å²) in [6, 6.07) is 19.9. The van der Waals surface area contributed by atoms with Crippen LogP contribution in [0.1, 0.15) is 22.5 Å². The van der Waals surface area contributed by atoms with Crippen molar-refractivity contribution in [1.29, 1.82) is 0 Å². The SMILES string of the molecule is O=c1c(Cc2ccc(O)cc2)nc2c(Cc3ccccc3)[nH]c(-c3ccc(F)c(F)c3)cn1-2. The molecule has 0 fully saturated rings. The normalized spacial score (nSPS) is 11.2. The second-order valence-corrected chi connectivity index (χ2v) is 7.84. The van der Waals surface area contributed by atoms with E-state index in [9.17, 15) is 18.7 Å². The third kappa shape index (κ3) is 4.13. The van der Waals surface area contributed by atoms with Crippen LogP contribution in [0.2, 0.25) is 0 Å². The van der Waals surface area contributed by atoms with Crippen LogP contribution >= 0.6 is 0 Å². The Hall–Kier alpha value is -4.26. The Morgan fingerprint density at radius 1 is 0.879 bits per heavy atom. The van der Waals surface area contributed by atoms with Gasteiger partial charge in [-0.05, 0) is 41.5 Å². The van der Waals surface area contributed by atoms with Crippen molar-refractivity contribution < 1.29 is 13.9 Å². The summed E-state index contributed by atoms with van der Waals surface area (Å²) in [6.45, 7) is 0. The molecular weight excluding hydrogens is 424 g/mol. The first kappa shape index (κ1) is 20.6. The molecule has 2 heterocycles. The molecule has 0 aliphatic carbocycles. The molecule has 2 N–H and O–H groups in total. The van der Waals surface area contributed by atoms with Gasteiger partial charge in [0, 0.05) is 24.6 Å². The zero-order chi connectivity index (χ0) is 22.9. The molecule has 2 aliphatic rings. The highest BCUT2D eigenvalue weighted by Gasteiger charge is 2.21. The second-order valence-electron chi connectivity index (χ2n) is 7.84. The highest BCUT2D eigenvalue weighted by Crippen LogP contribution is 2.25. The number of benzene rings is 3. The number of phenolic OH excluding ortho intramolecular Hbond substituents is 1. The Labute approximate surface area is 188 Å². The summed E-state index contributed by atoms with van der Waals surface area (Å²) in [4.78, 5) is 21.1. The summed E-state index contributed by atoms with van der Waals surface area (Å²) in [7, 11) is 0. The number of nitrogens with one attached hydrogen (secondary N) is 1. The molecule has 0 unspecified atom stereocenters. The zero-order valence-electron chi connectivity index (χ0n) is 17.4. The fraction of sp³-hybridized carbons (Fsp3) is 0.0769. The lowest BCUT2D eigenvalue weighted by atomic mass is 10.1. The fourth-order valence-electron chi connectivity index (χ4n) is 3.83. The van der Waals surface area contributed by atoms with E-state index in [2.05, 4.69) is 9.97 Å². The third-order valence-electron chi connectivity index (χ3n) is 5.51. The lowest BCUT2D eigenvalue weighted by molar-refractivity contribution is 0.475. The van der Waals surface area contributed by atoms with Gasteiger partial charge in [0.25, 0.3) is 5.56 Å². The van der Waals surface area contributed by atoms with Crippen molar-refractivity contribution >= 4 is 0 Å². The number of aromatic nitrogens is 3. The number of imidazole rings is 1. The zero-order valence-corrected chi connectivity index (χ0v) is 17.4. The van der Waals surface area contributed by atoms with E-state index < -0.39 is 11.6 Å². The number of H-pyrrole nitrogens is 1. The summed E-state index contributed by atoms with van der Waals surface area (Å²) in [5, 5.41) is 9.51. The van der Waals surface area contributed by atoms with Crippen LogP contribution in [-0.2, 0) is 12.8 Å². The van der Waals surface area contributed by atoms with Crippen LogP contribution in [0.5, 0.6) is 5.75 Å². The lowest BCUT2D eigenvalue weighted by Crippen LogP contribution is -2.17. The maximum absolute atomic E-state index is 13.9. The summed E-state index contributed by atoms with van der Waals surface area (Å²) < 4.78 is 28.8. The molecule has 0 bridgehead atoms. The number of phenols is 1. The van der Waals surface area contributed by atoms with Crippen LogP contribution in [0.3, 0.4) is 0 Å². The van der Waals surface area contributed by atoms with Crippen LogP contribution in [0.25, 0.3) is 17.1 Å². The molecule has 3 aromatic carbocycles. The maximum atomic E-state index is 13.9. The second kappa shape index (κ2) is 8.35. The van der Waals surface area contributed by atoms with Gasteiger partial charge in [-0.25, -0.2) is 13.8 Å². The molecule has 5 nitrogen and oxygen atoms in total. The van der Waals surface area contributed by atoms with Crippen LogP contribution in [0.4, 0.5) is 8.78 Å². The van der Waals surface area contributed by atoms with Crippen molar-refractivity contribution in [3.63, 3.8) is 0 Å². The van der Waals surface area contributed by atoms with Crippen molar-refractivity contribution in [1.82, 2.24) is 14.5 Å². The van der Waals surface area contributed by atoms with Crippen molar-refractivity contribution in [2.75, 3.05) is 0 Å². The van der Waals surface area contributed by atoms with E-state index in [4.69, 9.17) is 0 Å². The van der Waals surface area contributed by atoms with Crippen LogP contribution < -0.4 is 5.56 Å². The molecule has 7 heteroatoms. The van der Waals surface area contributed by atoms with E-state index in [0.717, 1.165) is 23.3 Å². The van der Waals surface area contributed by atoms with Crippen molar-refractivity contribution in [2.24, 2.45) is 0 Å². The molecule has 5 rings (SSSR count). The Kier molecular flexibility index (Phi) is 5.22. The number of halogens is 2. The third-order valence-corrected chi connectivity index (χ3v) is 5.51. The van der Waals surface area contributed by atoms with E-state index in [-0.39, 0.29) is 11.3 Å². The lowest BCUT2D eigenvalue weighted by Gasteiger charge is -2.13. The summed E-state index contributed by atoms with van der Waals surface area (Å²) in [5.41, 5.74) is 3.47. The van der Waals surface area contributed by atoms with Gasteiger partial charge in [0.1, 0.15) is 11.4 Å². The van der Waals surface area contributed by atoms with E-state index in [1.165, 1.54) is 10.6 Å². The summed E-state index contributed by atoms with van der Waals surface area (Å²) >= 11 is 0. The number of hydrogen-bond donors (Lipinski definition) is 2. The van der Waals surface area contributed by atoms with E-state index in [1.807, 2.05) is 30.3 Å². The van der Waals surface area contributed by atoms with Gasteiger partial charge in [0.2, 0.25) is 0 Å². The highest BCUT2D eigenvalue weighted by atomic mass is 19.2. The van der Waals surface area contributed by atoms with Gasteiger partial charge < -0.3 is 10.1 Å². The van der Waals surface area contributed by atoms with Gasteiger partial charge in [0.05, 0.1) is 11.4 Å². The first-order valence-electron chi connectivity index (χ1n) is 10.4. The fourth-order valence-corrected chi connectivity index (χ4v) is 3.83. The van der Waals surface area contributed by atoms with Crippen molar-refractivity contribution in [2.45, 2.75) is 12.8 Å². The first-order chi connectivity index (χ1) is 16.0. The smallest absolute Gasteiger partial charge is 0.278 e. The molecule has 164 valence electrons. The van der Waals surface area contributed by atoms with E-state index in [1.54, 1.807) is 30.5 Å². The first-order valence-corrected chi connectivity index (χ1v) is 10.4. The molecule has 33 heavy (non-hydrogen) atoms. The molecular formula is C26H19F2N3O2. The molecule has 0 radical (unpaired) electrons. The molecule has 0 aromatic heterocycles. The standard InChI is InChI=1S/C26H19F2N3O2/c27-20-11-8-18(14-21(20)28)24-15-31-25(22(29-24)12-16-4-2-1-3-5-16)30-23(26(31)33)13-17-6-9-19(32)10-7-17/h1-11,14-15,29,32H,12-13H2. The van der Waals surface area contributed by atoms with Gasteiger partial charge >= 0.3 is 0 Å².